The van der Waals surface area contributed by atoms with E-state index < -0.39 is 6.10 Å². The van der Waals surface area contributed by atoms with Gasteiger partial charge in [-0.1, -0.05) is 36.7 Å². The van der Waals surface area contributed by atoms with Crippen molar-refractivity contribution in [2.24, 2.45) is 0 Å². The van der Waals surface area contributed by atoms with Gasteiger partial charge in [-0.25, -0.2) is 0 Å². The highest BCUT2D eigenvalue weighted by atomic mass is 35.5. The summed E-state index contributed by atoms with van der Waals surface area (Å²) < 4.78 is 6.98. The largest absolute Gasteiger partial charge is 0.369 e. The number of ether oxygens (including phenoxy) is 1. The van der Waals surface area contributed by atoms with Gasteiger partial charge >= 0.3 is 0 Å². The maximum Gasteiger partial charge on any atom is 0.264 e. The molecule has 1 aromatic rings. The van der Waals surface area contributed by atoms with Gasteiger partial charge < -0.3 is 4.74 Å². The second kappa shape index (κ2) is 5.29. The van der Waals surface area contributed by atoms with Crippen molar-refractivity contribution in [3.63, 3.8) is 0 Å². The Hall–Kier alpha value is -0.710. The molecule has 3 nitrogen and oxygen atoms in total. The molecular formula is C12H14ClNO2S. The van der Waals surface area contributed by atoms with E-state index in [1.165, 1.54) is 11.9 Å². The number of methoxy groups -OCH3 is 1. The van der Waals surface area contributed by atoms with E-state index in [9.17, 15) is 4.79 Å². The van der Waals surface area contributed by atoms with E-state index in [1.54, 1.807) is 11.4 Å². The number of hydrogen-bond donors (Lipinski definition) is 0. The van der Waals surface area contributed by atoms with E-state index in [4.69, 9.17) is 16.3 Å². The molecule has 1 aromatic carbocycles. The van der Waals surface area contributed by atoms with Gasteiger partial charge in [0.1, 0.15) is 6.04 Å². The Morgan fingerprint density at radius 1 is 1.47 bits per heavy atom. The molecule has 1 fully saturated rings. The highest BCUT2D eigenvalue weighted by molar-refractivity contribution is 7.97. The van der Waals surface area contributed by atoms with Crippen molar-refractivity contribution in [2.45, 2.75) is 19.1 Å². The maximum absolute atomic E-state index is 11.8. The van der Waals surface area contributed by atoms with Crippen LogP contribution in [0.3, 0.4) is 0 Å². The minimum absolute atomic E-state index is 0.0178. The molecule has 2 rings (SSSR count). The van der Waals surface area contributed by atoms with Gasteiger partial charge in [0.15, 0.2) is 6.10 Å². The molecule has 0 unspecified atom stereocenters. The summed E-state index contributed by atoms with van der Waals surface area (Å²) in [5.74, 6) is 0.868. The molecule has 0 saturated carbocycles. The van der Waals surface area contributed by atoms with E-state index in [0.29, 0.717) is 5.02 Å². The number of rotatable bonds is 4. The molecule has 1 amide bonds. The molecule has 1 aliphatic heterocycles. The Bertz CT molecular complexity index is 427. The standard InChI is InChI=1S/C12H14ClNO2S/c1-3-17-14-10(11(16-2)12(14)15)8-6-4-5-7-9(8)13/h4-7,10-11H,3H2,1-2H3/t10-,11+/m0/s1. The summed E-state index contributed by atoms with van der Waals surface area (Å²) in [5, 5.41) is 0.675. The van der Waals surface area contributed by atoms with Crippen molar-refractivity contribution in [1.82, 2.24) is 4.31 Å². The zero-order chi connectivity index (χ0) is 12.4. The van der Waals surface area contributed by atoms with Crippen LogP contribution >= 0.6 is 23.5 Å². The average Bonchev–Trinajstić information content (AvgIpc) is 2.34. The van der Waals surface area contributed by atoms with Crippen LogP contribution in [0.15, 0.2) is 24.3 Å². The Labute approximate surface area is 110 Å². The third-order valence-corrected chi connectivity index (χ3v) is 4.03. The molecule has 5 heteroatoms. The minimum atomic E-state index is -0.408. The molecule has 0 spiro atoms. The van der Waals surface area contributed by atoms with Crippen LogP contribution in [0.2, 0.25) is 5.02 Å². The van der Waals surface area contributed by atoms with Crippen molar-refractivity contribution in [2.75, 3.05) is 12.9 Å². The molecular weight excluding hydrogens is 258 g/mol. The van der Waals surface area contributed by atoms with Gasteiger partial charge in [-0.15, -0.1) is 0 Å². The van der Waals surface area contributed by atoms with E-state index in [0.717, 1.165) is 11.3 Å². The van der Waals surface area contributed by atoms with Gasteiger partial charge in [0, 0.05) is 17.9 Å². The summed E-state index contributed by atoms with van der Waals surface area (Å²) >= 11 is 7.67. The van der Waals surface area contributed by atoms with Gasteiger partial charge in [-0.3, -0.25) is 9.10 Å². The maximum atomic E-state index is 11.8. The molecule has 1 saturated heterocycles. The fourth-order valence-corrected chi connectivity index (χ4v) is 3.10. The lowest BCUT2D eigenvalue weighted by molar-refractivity contribution is -0.158. The first-order valence-electron chi connectivity index (χ1n) is 5.44. The van der Waals surface area contributed by atoms with Crippen molar-refractivity contribution in [3.05, 3.63) is 34.9 Å². The number of halogens is 1. The number of amides is 1. The molecule has 0 bridgehead atoms. The van der Waals surface area contributed by atoms with E-state index in [-0.39, 0.29) is 11.9 Å². The van der Waals surface area contributed by atoms with Gasteiger partial charge in [-0.2, -0.15) is 0 Å². The van der Waals surface area contributed by atoms with Crippen molar-refractivity contribution >= 4 is 29.5 Å². The highest BCUT2D eigenvalue weighted by Gasteiger charge is 2.49. The van der Waals surface area contributed by atoms with Gasteiger partial charge in [0.25, 0.3) is 5.91 Å². The topological polar surface area (TPSA) is 29.5 Å². The van der Waals surface area contributed by atoms with Crippen LogP contribution in [0, 0.1) is 0 Å². The van der Waals surface area contributed by atoms with E-state index in [2.05, 4.69) is 0 Å². The van der Waals surface area contributed by atoms with Crippen molar-refractivity contribution < 1.29 is 9.53 Å². The molecule has 2 atom stereocenters. The first-order chi connectivity index (χ1) is 8.20. The number of hydrogen-bond acceptors (Lipinski definition) is 3. The molecule has 0 aromatic heterocycles. The van der Waals surface area contributed by atoms with Crippen LogP contribution in [0.1, 0.15) is 18.5 Å². The summed E-state index contributed by atoms with van der Waals surface area (Å²) in [4.78, 5) is 11.8. The molecule has 17 heavy (non-hydrogen) atoms. The summed E-state index contributed by atoms with van der Waals surface area (Å²) in [6, 6.07) is 7.50. The zero-order valence-corrected chi connectivity index (χ0v) is 11.3. The van der Waals surface area contributed by atoms with Gasteiger partial charge in [0.2, 0.25) is 0 Å². The first kappa shape index (κ1) is 12.7. The predicted molar refractivity (Wildman–Crippen MR) is 70.0 cm³/mol. The number of β-lactam (4-membered cyclic amide) rings is 1. The smallest absolute Gasteiger partial charge is 0.264 e. The second-order valence-corrected chi connectivity index (χ2v) is 5.34. The van der Waals surface area contributed by atoms with Crippen LogP contribution in [0.5, 0.6) is 0 Å². The summed E-state index contributed by atoms with van der Waals surface area (Å²) in [6.07, 6.45) is -0.408. The molecule has 0 N–H and O–H groups in total. The van der Waals surface area contributed by atoms with Crippen LogP contribution in [0.25, 0.3) is 0 Å². The summed E-state index contributed by atoms with van der Waals surface area (Å²) in [5.41, 5.74) is 0.946. The Morgan fingerprint density at radius 2 is 2.18 bits per heavy atom. The molecule has 92 valence electrons. The van der Waals surface area contributed by atoms with Crippen LogP contribution < -0.4 is 0 Å². The molecule has 0 radical (unpaired) electrons. The lowest BCUT2D eigenvalue weighted by Gasteiger charge is -2.45. The lowest BCUT2D eigenvalue weighted by Crippen LogP contribution is -2.56. The Balaban J connectivity index is 2.28. The highest BCUT2D eigenvalue weighted by Crippen LogP contribution is 2.43. The van der Waals surface area contributed by atoms with Gasteiger partial charge in [0.05, 0.1) is 0 Å². The van der Waals surface area contributed by atoms with Crippen LogP contribution in [-0.2, 0) is 9.53 Å². The van der Waals surface area contributed by atoms with Crippen molar-refractivity contribution in [3.8, 4) is 0 Å². The fraction of sp³-hybridized carbons (Fsp3) is 0.417. The molecule has 1 aliphatic rings. The average molecular weight is 272 g/mol. The quantitative estimate of drug-likeness (QED) is 0.623. The molecule has 0 aliphatic carbocycles. The van der Waals surface area contributed by atoms with Crippen LogP contribution in [-0.4, -0.2) is 29.2 Å². The Morgan fingerprint density at radius 3 is 2.76 bits per heavy atom. The third-order valence-electron chi connectivity index (χ3n) is 2.75. The van der Waals surface area contributed by atoms with E-state index in [1.807, 2.05) is 31.2 Å². The normalized spacial score (nSPS) is 23.7. The lowest BCUT2D eigenvalue weighted by atomic mass is 9.94. The number of benzene rings is 1. The molecule has 1 heterocycles. The van der Waals surface area contributed by atoms with E-state index >= 15 is 0 Å². The predicted octanol–water partition coefficient (Wildman–Crippen LogP) is 2.91. The number of nitrogens with zero attached hydrogens (tertiary/aromatic N) is 1. The fourth-order valence-electron chi connectivity index (χ4n) is 1.96. The van der Waals surface area contributed by atoms with Crippen molar-refractivity contribution in [1.29, 1.82) is 0 Å². The first-order valence-corrected chi connectivity index (χ1v) is 6.76. The zero-order valence-electron chi connectivity index (χ0n) is 9.72. The number of carbonyl (C=O) groups is 1. The Kier molecular flexibility index (Phi) is 3.97. The van der Waals surface area contributed by atoms with Crippen LogP contribution in [0.4, 0.5) is 0 Å². The monoisotopic (exact) mass is 271 g/mol. The third kappa shape index (κ3) is 2.17. The number of carbonyl (C=O) groups excluding carboxylic acids is 1. The minimum Gasteiger partial charge on any atom is -0.369 e. The van der Waals surface area contributed by atoms with Gasteiger partial charge in [-0.05, 0) is 23.6 Å². The summed E-state index contributed by atoms with van der Waals surface area (Å²) in [6.45, 7) is 2.02. The SMILES string of the molecule is CCSN1C(=O)[C@H](OC)[C@@H]1c1ccccc1Cl. The second-order valence-electron chi connectivity index (χ2n) is 3.70. The summed E-state index contributed by atoms with van der Waals surface area (Å²) in [7, 11) is 1.56.